The third-order valence-electron chi connectivity index (χ3n) is 7.40. The summed E-state index contributed by atoms with van der Waals surface area (Å²) in [6, 6.07) is 30.9. The molecule has 0 bridgehead atoms. The van der Waals surface area contributed by atoms with Crippen LogP contribution in [0.5, 0.6) is 0 Å². The summed E-state index contributed by atoms with van der Waals surface area (Å²) < 4.78 is 21.9. The lowest BCUT2D eigenvalue weighted by atomic mass is 9.91. The van der Waals surface area contributed by atoms with Crippen molar-refractivity contribution in [1.29, 1.82) is 0 Å². The van der Waals surface area contributed by atoms with Gasteiger partial charge in [0.25, 0.3) is 0 Å². The average molecular weight is 713 g/mol. The van der Waals surface area contributed by atoms with Crippen LogP contribution in [-0.2, 0) is 38.1 Å². The van der Waals surface area contributed by atoms with Gasteiger partial charge < -0.3 is 41.1 Å². The summed E-state index contributed by atoms with van der Waals surface area (Å²) in [5, 5.41) is 0. The van der Waals surface area contributed by atoms with Crippen molar-refractivity contribution >= 4 is 46.7 Å². The summed E-state index contributed by atoms with van der Waals surface area (Å²) in [5.74, 6) is -4.73. The molecule has 4 rings (SSSR count). The number of ether oxygens (including phenoxy) is 4. The molecule has 0 aromatic heterocycles. The summed E-state index contributed by atoms with van der Waals surface area (Å²) in [4.78, 5) is 65.2. The Morgan fingerprint density at radius 1 is 0.377 bits per heavy atom. The smallest absolute Gasteiger partial charge is 0.422 e. The first kappa shape index (κ1) is 38.1. The van der Waals surface area contributed by atoms with Crippen LogP contribution in [0.1, 0.15) is 22.3 Å². The van der Waals surface area contributed by atoms with Crippen LogP contribution >= 0.6 is 0 Å². The quantitative estimate of drug-likeness (QED) is 0.0547. The zero-order valence-electron chi connectivity index (χ0n) is 27.7. The Morgan fingerprint density at radius 3 is 0.736 bits per heavy atom. The molecule has 0 saturated heterocycles. The first-order chi connectivity index (χ1) is 25.8. The molecule has 0 amide bonds. The molecule has 264 valence electrons. The molecule has 0 unspecified atom stereocenters. The van der Waals surface area contributed by atoms with Crippen LogP contribution in [0.15, 0.2) is 121 Å². The highest BCUT2D eigenvalue weighted by Gasteiger charge is 2.42. The second-order valence-electron chi connectivity index (χ2n) is 11.1. The fraction of sp³-hybridized carbons (Fsp3) is 0.135. The Labute approximate surface area is 301 Å². The highest BCUT2D eigenvalue weighted by Crippen LogP contribution is 2.23. The third-order valence-corrected chi connectivity index (χ3v) is 7.40. The average Bonchev–Trinajstić information content (AvgIpc) is 3.20. The molecule has 0 saturated carbocycles. The fourth-order valence-corrected chi connectivity index (χ4v) is 4.65. The Bertz CT molecular complexity index is 1860. The van der Waals surface area contributed by atoms with Gasteiger partial charge in [0.1, 0.15) is 31.8 Å². The van der Waals surface area contributed by atoms with Gasteiger partial charge in [-0.25, -0.2) is 19.2 Å². The van der Waals surface area contributed by atoms with Gasteiger partial charge in [-0.15, -0.1) is 0 Å². The van der Waals surface area contributed by atoms with Crippen molar-refractivity contribution in [3.63, 3.8) is 0 Å². The molecule has 0 aliphatic heterocycles. The highest BCUT2D eigenvalue weighted by atomic mass is 16.6. The fourth-order valence-electron chi connectivity index (χ4n) is 4.65. The molecule has 0 N–H and O–H groups in total. The van der Waals surface area contributed by atoms with Gasteiger partial charge in [-0.1, -0.05) is 72.8 Å². The summed E-state index contributed by atoms with van der Waals surface area (Å²) in [7, 11) is 0. The second-order valence-corrected chi connectivity index (χ2v) is 11.1. The van der Waals surface area contributed by atoms with Crippen molar-refractivity contribution in [2.45, 2.75) is 0 Å². The number of hydrogen-bond donors (Lipinski definition) is 0. The minimum Gasteiger partial charge on any atom is -0.456 e. The van der Waals surface area contributed by atoms with Gasteiger partial charge >= 0.3 is 46.7 Å². The van der Waals surface area contributed by atoms with E-state index in [1.54, 1.807) is 72.8 Å². The number of benzene rings is 4. The predicted molar refractivity (Wildman–Crippen MR) is 183 cm³/mol. The van der Waals surface area contributed by atoms with Crippen LogP contribution in [0, 0.1) is 5.41 Å². The summed E-state index contributed by atoms with van der Waals surface area (Å²) in [6.07, 6.45) is 0. The standard InChI is InChI=1S/C37H28N8O8/c38-42-29(25-13-5-1-6-14-25)33(46)50-21-37(22-51-34(47)30(43-39)26-15-7-2-8-16-26,23-52-35(48)31(44-40)27-17-9-3-10-18-27)24-53-36(49)32(45-41)28-19-11-4-12-20-28/h1-20H,21-24H2. The zero-order chi connectivity index (χ0) is 38.1. The largest absolute Gasteiger partial charge is 0.456 e. The lowest BCUT2D eigenvalue weighted by Crippen LogP contribution is -2.46. The number of hydrogen-bond acceptors (Lipinski definition) is 8. The van der Waals surface area contributed by atoms with E-state index in [1.165, 1.54) is 48.5 Å². The zero-order valence-corrected chi connectivity index (χ0v) is 27.7. The van der Waals surface area contributed by atoms with Gasteiger partial charge in [0, 0.05) is 0 Å². The van der Waals surface area contributed by atoms with Crippen molar-refractivity contribution in [1.82, 2.24) is 0 Å². The topological polar surface area (TPSA) is 251 Å². The highest BCUT2D eigenvalue weighted by molar-refractivity contribution is 6.42. The van der Waals surface area contributed by atoms with Gasteiger partial charge in [-0.3, -0.25) is 0 Å². The number of rotatable bonds is 16. The normalized spacial score (nSPS) is 11.0. The van der Waals surface area contributed by atoms with Crippen LogP contribution in [0.3, 0.4) is 0 Å². The van der Waals surface area contributed by atoms with Gasteiger partial charge in [0.15, 0.2) is 0 Å². The van der Waals surface area contributed by atoms with Gasteiger partial charge in [-0.2, -0.15) is 19.2 Å². The Morgan fingerprint density at radius 2 is 0.566 bits per heavy atom. The summed E-state index contributed by atoms with van der Waals surface area (Å²) in [5.41, 5.74) is 35.3. The Balaban J connectivity index is 1.71. The van der Waals surface area contributed by atoms with Crippen LogP contribution < -0.4 is 0 Å². The maximum absolute atomic E-state index is 13.3. The van der Waals surface area contributed by atoms with Gasteiger partial charge in [0.2, 0.25) is 0 Å². The molecule has 0 spiro atoms. The molecule has 16 nitrogen and oxygen atoms in total. The van der Waals surface area contributed by atoms with Crippen molar-refractivity contribution in [3.05, 3.63) is 166 Å². The van der Waals surface area contributed by atoms with E-state index in [-0.39, 0.29) is 22.3 Å². The van der Waals surface area contributed by atoms with E-state index in [9.17, 15) is 41.3 Å². The van der Waals surface area contributed by atoms with Gasteiger partial charge in [-0.05, 0) is 48.5 Å². The maximum atomic E-state index is 13.3. The second kappa shape index (κ2) is 18.9. The lowest BCUT2D eigenvalue weighted by Gasteiger charge is -2.30. The Kier molecular flexibility index (Phi) is 13.6. The van der Waals surface area contributed by atoms with Crippen LogP contribution in [0.4, 0.5) is 0 Å². The summed E-state index contributed by atoms with van der Waals surface area (Å²) >= 11 is 0. The first-order valence-electron chi connectivity index (χ1n) is 15.5. The van der Waals surface area contributed by atoms with Crippen molar-refractivity contribution in [3.8, 4) is 0 Å². The van der Waals surface area contributed by atoms with E-state index in [4.69, 9.17) is 18.9 Å². The molecular weight excluding hydrogens is 684 g/mol. The van der Waals surface area contributed by atoms with E-state index < -0.39 is 78.6 Å². The number of carbonyl (C=O) groups is 4. The van der Waals surface area contributed by atoms with E-state index in [0.717, 1.165) is 0 Å². The van der Waals surface area contributed by atoms with Crippen LogP contribution in [-0.4, -0.2) is 92.3 Å². The monoisotopic (exact) mass is 712 g/mol. The minimum absolute atomic E-state index is 0.167. The molecule has 4 aromatic carbocycles. The molecule has 0 atom stereocenters. The van der Waals surface area contributed by atoms with Gasteiger partial charge in [0.05, 0.1) is 22.3 Å². The first-order valence-corrected chi connectivity index (χ1v) is 15.5. The third kappa shape index (κ3) is 10.2. The SMILES string of the molecule is [N-]=[N+]=C(C(=O)OCC(COC(=O)C(=[N+]=[N-])c1ccccc1)(COC(=O)C(=[N+]=[N-])c1ccccc1)COC(=O)C(=[N+]=[N-])c1ccccc1)c1ccccc1. The molecule has 0 aliphatic rings. The number of carbonyl (C=O) groups excluding carboxylic acids is 4. The lowest BCUT2D eigenvalue weighted by molar-refractivity contribution is -0.166. The molecular formula is C37H28N8O8. The molecule has 0 heterocycles. The van der Waals surface area contributed by atoms with E-state index in [1.807, 2.05) is 0 Å². The van der Waals surface area contributed by atoms with Crippen molar-refractivity contribution in [2.24, 2.45) is 5.41 Å². The van der Waals surface area contributed by atoms with E-state index in [0.29, 0.717) is 0 Å². The van der Waals surface area contributed by atoms with E-state index >= 15 is 0 Å². The van der Waals surface area contributed by atoms with E-state index in [2.05, 4.69) is 19.2 Å². The molecule has 53 heavy (non-hydrogen) atoms. The molecule has 4 aromatic rings. The number of nitrogens with zero attached hydrogens (tertiary/aromatic N) is 8. The number of esters is 4. The van der Waals surface area contributed by atoms with Crippen LogP contribution in [0.25, 0.3) is 22.1 Å². The Hall–Kier alpha value is -7.72. The predicted octanol–water partition coefficient (Wildman–Crippen LogP) is 3.02. The van der Waals surface area contributed by atoms with Crippen LogP contribution in [0.2, 0.25) is 0 Å². The van der Waals surface area contributed by atoms with Crippen molar-refractivity contribution in [2.75, 3.05) is 26.4 Å². The van der Waals surface area contributed by atoms with Crippen molar-refractivity contribution < 1.29 is 57.3 Å². The molecule has 0 aliphatic carbocycles. The summed E-state index contributed by atoms with van der Waals surface area (Å²) in [6.45, 7) is -3.35. The molecule has 0 fully saturated rings. The molecule has 16 heteroatoms. The maximum Gasteiger partial charge on any atom is 0.422 e. The minimum atomic E-state index is -1.97. The molecule has 0 radical (unpaired) electrons.